The van der Waals surface area contributed by atoms with Crippen LogP contribution < -0.4 is 30.6 Å². The highest BCUT2D eigenvalue weighted by Crippen LogP contribution is 2.36. The number of aromatic nitrogens is 3. The molecule has 2 aliphatic heterocycles. The van der Waals surface area contributed by atoms with Gasteiger partial charge in [0.15, 0.2) is 18.2 Å². The van der Waals surface area contributed by atoms with Crippen LogP contribution in [0.4, 0.5) is 26.2 Å². The molecule has 1 amide bonds. The molecule has 1 aromatic carbocycles. The first kappa shape index (κ1) is 24.0. The lowest BCUT2D eigenvalue weighted by molar-refractivity contribution is -0.122. The van der Waals surface area contributed by atoms with Crippen LogP contribution in [0, 0.1) is 0 Å². The van der Waals surface area contributed by atoms with Crippen molar-refractivity contribution < 1.29 is 23.0 Å². The van der Waals surface area contributed by atoms with Gasteiger partial charge in [-0.25, -0.2) is 13.8 Å². The Bertz CT molecular complexity index is 1390. The predicted octanol–water partition coefficient (Wildman–Crippen LogP) is 2.94. The van der Waals surface area contributed by atoms with Gasteiger partial charge in [0.2, 0.25) is 5.95 Å². The van der Waals surface area contributed by atoms with Crippen molar-refractivity contribution >= 4 is 45.9 Å². The molecule has 2 aliphatic rings. The summed E-state index contributed by atoms with van der Waals surface area (Å²) in [4.78, 5) is 34.9. The molecular formula is C23H23ClF2N6O4. The number of anilines is 3. The van der Waals surface area contributed by atoms with E-state index >= 15 is 0 Å². The molecule has 10 nitrogen and oxygen atoms in total. The van der Waals surface area contributed by atoms with Gasteiger partial charge in [0.25, 0.3) is 17.4 Å². The molecule has 13 heteroatoms. The van der Waals surface area contributed by atoms with Gasteiger partial charge in [-0.3, -0.25) is 14.2 Å². The Balaban J connectivity index is 1.47. The molecule has 0 bridgehead atoms. The van der Waals surface area contributed by atoms with E-state index in [9.17, 15) is 18.4 Å². The third-order valence-corrected chi connectivity index (χ3v) is 6.38. The second kappa shape index (κ2) is 9.41. The Morgan fingerprint density at radius 1 is 1.25 bits per heavy atom. The summed E-state index contributed by atoms with van der Waals surface area (Å²) in [6.45, 7) is 0.599. The van der Waals surface area contributed by atoms with Gasteiger partial charge in [0.1, 0.15) is 17.4 Å². The monoisotopic (exact) mass is 520 g/mol. The van der Waals surface area contributed by atoms with Gasteiger partial charge in [-0.15, -0.1) is 0 Å². The lowest BCUT2D eigenvalue weighted by Gasteiger charge is -2.31. The van der Waals surface area contributed by atoms with Crippen LogP contribution in [0.15, 0.2) is 29.2 Å². The second-order valence-electron chi connectivity index (χ2n) is 8.52. The van der Waals surface area contributed by atoms with E-state index in [1.54, 1.807) is 27.7 Å². The molecule has 0 saturated carbocycles. The molecule has 1 saturated heterocycles. The van der Waals surface area contributed by atoms with Gasteiger partial charge in [-0.1, -0.05) is 11.6 Å². The van der Waals surface area contributed by atoms with E-state index in [1.807, 2.05) is 0 Å². The van der Waals surface area contributed by atoms with E-state index in [1.165, 1.54) is 13.2 Å². The van der Waals surface area contributed by atoms with Crippen LogP contribution in [0.2, 0.25) is 5.02 Å². The number of hydrogen-bond acceptors (Lipinski definition) is 8. The van der Waals surface area contributed by atoms with Gasteiger partial charge >= 0.3 is 0 Å². The highest BCUT2D eigenvalue weighted by molar-refractivity contribution is 6.32. The summed E-state index contributed by atoms with van der Waals surface area (Å²) >= 11 is 6.33. The summed E-state index contributed by atoms with van der Waals surface area (Å²) in [7, 11) is 1.48. The van der Waals surface area contributed by atoms with Gasteiger partial charge in [-0.2, -0.15) is 4.98 Å². The molecule has 0 spiro atoms. The maximum absolute atomic E-state index is 13.6. The highest BCUT2D eigenvalue weighted by Gasteiger charge is 2.35. The zero-order chi connectivity index (χ0) is 25.4. The van der Waals surface area contributed by atoms with E-state index in [0.717, 1.165) is 0 Å². The van der Waals surface area contributed by atoms with Crippen LogP contribution in [0.5, 0.6) is 11.5 Å². The summed E-state index contributed by atoms with van der Waals surface area (Å²) in [6.07, 6.45) is 0.890. The molecule has 5 rings (SSSR count). The lowest BCUT2D eigenvalue weighted by Crippen LogP contribution is -2.40. The Kier molecular flexibility index (Phi) is 6.29. The van der Waals surface area contributed by atoms with Gasteiger partial charge in [-0.05, 0) is 12.1 Å². The first-order valence-electron chi connectivity index (χ1n) is 11.3. The maximum atomic E-state index is 13.6. The number of carbonyl (C=O) groups excluding carboxylic acids is 1. The zero-order valence-electron chi connectivity index (χ0n) is 19.3. The number of benzene rings is 1. The van der Waals surface area contributed by atoms with E-state index in [2.05, 4.69) is 20.6 Å². The van der Waals surface area contributed by atoms with Gasteiger partial charge < -0.3 is 25.0 Å². The molecule has 2 aromatic heterocycles. The molecule has 0 unspecified atom stereocenters. The minimum atomic E-state index is -2.68. The third-order valence-electron chi connectivity index (χ3n) is 6.10. The molecular weight excluding hydrogens is 498 g/mol. The largest absolute Gasteiger partial charge is 0.489 e. The fourth-order valence-electron chi connectivity index (χ4n) is 4.20. The molecule has 0 aliphatic carbocycles. The molecule has 0 radical (unpaired) electrons. The van der Waals surface area contributed by atoms with Crippen molar-refractivity contribution in [2.75, 3.05) is 43.6 Å². The number of nitrogens with one attached hydrogen (secondary N) is 2. The van der Waals surface area contributed by atoms with Gasteiger partial charge in [0.05, 0.1) is 18.3 Å². The van der Waals surface area contributed by atoms with Crippen molar-refractivity contribution in [2.24, 2.45) is 0 Å². The first-order chi connectivity index (χ1) is 17.2. The van der Waals surface area contributed by atoms with Crippen molar-refractivity contribution in [1.29, 1.82) is 0 Å². The molecule has 36 heavy (non-hydrogen) atoms. The first-order valence-corrected chi connectivity index (χ1v) is 11.7. The SMILES string of the molecule is CNC(=O)COc1cc2cc(Nc3nc(N4CCC(F)(F)CC4)ncc3Cl)cc3c2n(c1=O)CCO3. The molecule has 190 valence electrons. The van der Waals surface area contributed by atoms with Gasteiger partial charge in [0, 0.05) is 50.1 Å². The minimum absolute atomic E-state index is 0.0420. The van der Waals surface area contributed by atoms with E-state index in [-0.39, 0.29) is 61.4 Å². The van der Waals surface area contributed by atoms with E-state index in [0.29, 0.717) is 40.7 Å². The summed E-state index contributed by atoms with van der Waals surface area (Å²) in [6, 6.07) is 5.05. The zero-order valence-corrected chi connectivity index (χ0v) is 20.1. The number of hydrogen-bond donors (Lipinski definition) is 2. The Morgan fingerprint density at radius 2 is 2.03 bits per heavy atom. The van der Waals surface area contributed by atoms with Crippen molar-refractivity contribution in [3.8, 4) is 11.5 Å². The second-order valence-corrected chi connectivity index (χ2v) is 8.93. The number of halogens is 3. The normalized spacial score (nSPS) is 16.4. The number of likely N-dealkylation sites (N-methyl/N-ethyl adjacent to an activating group) is 1. The van der Waals surface area contributed by atoms with Crippen LogP contribution in [-0.4, -0.2) is 59.7 Å². The van der Waals surface area contributed by atoms with E-state index < -0.39 is 5.92 Å². The number of rotatable bonds is 6. The molecule has 2 N–H and O–H groups in total. The number of piperidine rings is 1. The number of amides is 1. The molecule has 0 atom stereocenters. The maximum Gasteiger partial charge on any atom is 0.293 e. The fourth-order valence-corrected chi connectivity index (χ4v) is 4.33. The molecule has 4 heterocycles. The number of pyridine rings is 1. The van der Waals surface area contributed by atoms with Crippen LogP contribution >= 0.6 is 11.6 Å². The van der Waals surface area contributed by atoms with Crippen molar-refractivity contribution in [3.05, 3.63) is 39.8 Å². The van der Waals surface area contributed by atoms with Crippen LogP contribution in [0.25, 0.3) is 10.9 Å². The Morgan fingerprint density at radius 3 is 2.78 bits per heavy atom. The topological polar surface area (TPSA) is 111 Å². The highest BCUT2D eigenvalue weighted by atomic mass is 35.5. The average molecular weight is 521 g/mol. The quantitative estimate of drug-likeness (QED) is 0.510. The summed E-state index contributed by atoms with van der Waals surface area (Å²) in [5.41, 5.74) is 0.818. The molecule has 3 aromatic rings. The Labute approximate surface area is 209 Å². The standard InChI is InChI=1S/C23H23ClF2N6O4/c1-27-18(33)12-36-17-9-13-8-14(10-16-19(13)32(21(17)34)6-7-35-16)29-20-15(24)11-28-22(30-20)31-4-2-23(25,26)3-5-31/h8-11H,2-7,12H2,1H3,(H,27,33)(H,28,29,30). The van der Waals surface area contributed by atoms with Crippen molar-refractivity contribution in [1.82, 2.24) is 19.9 Å². The summed E-state index contributed by atoms with van der Waals surface area (Å²) < 4.78 is 39.9. The van der Waals surface area contributed by atoms with Crippen molar-refractivity contribution in [3.63, 3.8) is 0 Å². The lowest BCUT2D eigenvalue weighted by atomic mass is 10.1. The summed E-state index contributed by atoms with van der Waals surface area (Å²) in [5, 5.41) is 6.48. The predicted molar refractivity (Wildman–Crippen MR) is 130 cm³/mol. The van der Waals surface area contributed by atoms with Crippen LogP contribution in [-0.2, 0) is 11.3 Å². The molecule has 1 fully saturated rings. The van der Waals surface area contributed by atoms with Crippen LogP contribution in [0.1, 0.15) is 12.8 Å². The van der Waals surface area contributed by atoms with Crippen molar-refractivity contribution in [2.45, 2.75) is 25.3 Å². The third kappa shape index (κ3) is 4.72. The Hall–Kier alpha value is -3.67. The smallest absolute Gasteiger partial charge is 0.293 e. The number of carbonyl (C=O) groups is 1. The number of nitrogens with zero attached hydrogens (tertiary/aromatic N) is 4. The number of alkyl halides is 2. The average Bonchev–Trinajstić information content (AvgIpc) is 2.86. The minimum Gasteiger partial charge on any atom is -0.489 e. The number of ether oxygens (including phenoxy) is 2. The van der Waals surface area contributed by atoms with Crippen LogP contribution in [0.3, 0.4) is 0 Å². The summed E-state index contributed by atoms with van der Waals surface area (Å²) in [5.74, 6) is -1.92. The van der Waals surface area contributed by atoms with E-state index in [4.69, 9.17) is 21.1 Å². The fraction of sp³-hybridized carbons (Fsp3) is 0.391.